The molecule has 2 aromatic rings. The van der Waals surface area contributed by atoms with Crippen LogP contribution in [0.15, 0.2) is 59.5 Å². The Morgan fingerprint density at radius 2 is 1.81 bits per heavy atom. The Morgan fingerprint density at radius 1 is 1.10 bits per heavy atom. The highest BCUT2D eigenvalue weighted by molar-refractivity contribution is 7.89. The summed E-state index contributed by atoms with van der Waals surface area (Å²) in [7, 11) is -3.65. The average Bonchev–Trinajstić information content (AvgIpc) is 2.47. The molecule has 0 aliphatic heterocycles. The van der Waals surface area contributed by atoms with Gasteiger partial charge in [-0.2, -0.15) is 0 Å². The molecule has 0 aliphatic carbocycles. The van der Waals surface area contributed by atoms with Crippen LogP contribution in [0, 0.1) is 0 Å². The van der Waals surface area contributed by atoms with Crippen molar-refractivity contribution in [2.45, 2.75) is 24.2 Å². The molecule has 0 radical (unpaired) electrons. The molecule has 0 fully saturated rings. The Hall–Kier alpha value is -1.85. The van der Waals surface area contributed by atoms with E-state index in [-0.39, 0.29) is 4.90 Å². The van der Waals surface area contributed by atoms with Crippen molar-refractivity contribution in [2.75, 3.05) is 11.9 Å². The van der Waals surface area contributed by atoms with Gasteiger partial charge in [0.2, 0.25) is 10.0 Å². The lowest BCUT2D eigenvalue weighted by Gasteiger charge is -2.13. The van der Waals surface area contributed by atoms with Gasteiger partial charge in [-0.15, -0.1) is 0 Å². The Labute approximate surface area is 126 Å². The van der Waals surface area contributed by atoms with Gasteiger partial charge in [-0.1, -0.05) is 43.3 Å². The summed E-state index contributed by atoms with van der Waals surface area (Å²) in [6.07, 6.45) is 0.962. The third kappa shape index (κ3) is 4.58. The van der Waals surface area contributed by atoms with Gasteiger partial charge in [-0.25, -0.2) is 13.6 Å². The van der Waals surface area contributed by atoms with Gasteiger partial charge in [0, 0.05) is 12.2 Å². The first kappa shape index (κ1) is 15.5. The minimum Gasteiger partial charge on any atom is -0.385 e. The molecule has 0 spiro atoms. The number of primary sulfonamides is 1. The molecule has 21 heavy (non-hydrogen) atoms. The van der Waals surface area contributed by atoms with Crippen molar-refractivity contribution >= 4 is 15.7 Å². The molecule has 0 bridgehead atoms. The van der Waals surface area contributed by atoms with Crippen LogP contribution in [0.2, 0.25) is 0 Å². The summed E-state index contributed by atoms with van der Waals surface area (Å²) >= 11 is 0. The topological polar surface area (TPSA) is 72.2 Å². The second-order valence-electron chi connectivity index (χ2n) is 5.10. The molecule has 2 rings (SSSR count). The molecule has 1 unspecified atom stereocenters. The van der Waals surface area contributed by atoms with E-state index in [0.717, 1.165) is 18.7 Å². The minimum atomic E-state index is -3.65. The molecule has 0 heterocycles. The molecule has 1 atom stereocenters. The number of anilines is 1. The molecule has 0 saturated heterocycles. The van der Waals surface area contributed by atoms with Crippen molar-refractivity contribution in [2.24, 2.45) is 5.14 Å². The molecule has 0 saturated carbocycles. The zero-order valence-electron chi connectivity index (χ0n) is 12.0. The fourth-order valence-corrected chi connectivity index (χ4v) is 2.72. The summed E-state index contributed by atoms with van der Waals surface area (Å²) in [4.78, 5) is 0.128. The normalized spacial score (nSPS) is 12.9. The molecular formula is C16H20N2O2S. The molecule has 0 amide bonds. The van der Waals surface area contributed by atoms with E-state index in [1.54, 1.807) is 12.1 Å². The van der Waals surface area contributed by atoms with Crippen molar-refractivity contribution in [3.8, 4) is 0 Å². The number of nitrogens with two attached hydrogens (primary N) is 1. The first-order valence-corrected chi connectivity index (χ1v) is 8.43. The van der Waals surface area contributed by atoms with Crippen molar-refractivity contribution < 1.29 is 8.42 Å². The predicted molar refractivity (Wildman–Crippen MR) is 85.8 cm³/mol. The summed E-state index contributed by atoms with van der Waals surface area (Å²) in [5.74, 6) is 0.445. The second kappa shape index (κ2) is 6.74. The van der Waals surface area contributed by atoms with Crippen LogP contribution < -0.4 is 10.5 Å². The van der Waals surface area contributed by atoms with Gasteiger partial charge in [-0.3, -0.25) is 0 Å². The van der Waals surface area contributed by atoms with E-state index in [4.69, 9.17) is 5.14 Å². The molecule has 5 heteroatoms. The van der Waals surface area contributed by atoms with Gasteiger partial charge < -0.3 is 5.32 Å². The number of nitrogens with one attached hydrogen (secondary N) is 1. The Morgan fingerprint density at radius 3 is 2.48 bits per heavy atom. The smallest absolute Gasteiger partial charge is 0.238 e. The summed E-state index contributed by atoms with van der Waals surface area (Å²) in [5.41, 5.74) is 2.07. The lowest BCUT2D eigenvalue weighted by atomic mass is 9.98. The van der Waals surface area contributed by atoms with E-state index >= 15 is 0 Å². The third-order valence-corrected chi connectivity index (χ3v) is 4.35. The number of rotatable bonds is 6. The van der Waals surface area contributed by atoms with Crippen LogP contribution >= 0.6 is 0 Å². The van der Waals surface area contributed by atoms with Crippen LogP contribution in [-0.4, -0.2) is 15.0 Å². The highest BCUT2D eigenvalue weighted by Crippen LogP contribution is 2.19. The summed E-state index contributed by atoms with van der Waals surface area (Å²) in [5, 5.41) is 8.36. The van der Waals surface area contributed by atoms with Crippen molar-refractivity contribution in [1.29, 1.82) is 0 Å². The van der Waals surface area contributed by atoms with Gasteiger partial charge >= 0.3 is 0 Å². The molecule has 112 valence electrons. The Bertz CT molecular complexity index is 684. The zero-order chi connectivity index (χ0) is 15.3. The first-order valence-electron chi connectivity index (χ1n) is 6.88. The van der Waals surface area contributed by atoms with Gasteiger partial charge in [-0.05, 0) is 36.1 Å². The summed E-state index contributed by atoms with van der Waals surface area (Å²) in [6.45, 7) is 2.95. The zero-order valence-corrected chi connectivity index (χ0v) is 12.8. The van der Waals surface area contributed by atoms with E-state index in [1.165, 1.54) is 11.6 Å². The standard InChI is InChI=1S/C16H20N2O2S/c1-13(14-6-3-2-4-7-14)10-11-18-15-8-5-9-16(12-15)21(17,19)20/h2-9,12-13,18H,10-11H2,1H3,(H2,17,19,20). The van der Waals surface area contributed by atoms with E-state index in [2.05, 4.69) is 24.4 Å². The Kier molecular flexibility index (Phi) is 4.98. The van der Waals surface area contributed by atoms with Crippen LogP contribution in [0.1, 0.15) is 24.8 Å². The third-order valence-electron chi connectivity index (χ3n) is 3.44. The van der Waals surface area contributed by atoms with Crippen molar-refractivity contribution in [3.63, 3.8) is 0 Å². The van der Waals surface area contributed by atoms with Gasteiger partial charge in [0.05, 0.1) is 4.90 Å². The fraction of sp³-hybridized carbons (Fsp3) is 0.250. The minimum absolute atomic E-state index is 0.128. The van der Waals surface area contributed by atoms with Gasteiger partial charge in [0.15, 0.2) is 0 Å². The maximum absolute atomic E-state index is 11.3. The second-order valence-corrected chi connectivity index (χ2v) is 6.66. The van der Waals surface area contributed by atoms with E-state index in [9.17, 15) is 8.42 Å². The SMILES string of the molecule is CC(CCNc1cccc(S(N)(=O)=O)c1)c1ccccc1. The number of hydrogen-bond acceptors (Lipinski definition) is 3. The average molecular weight is 304 g/mol. The van der Waals surface area contributed by atoms with E-state index in [1.807, 2.05) is 24.3 Å². The van der Waals surface area contributed by atoms with E-state index < -0.39 is 10.0 Å². The van der Waals surface area contributed by atoms with E-state index in [0.29, 0.717) is 5.92 Å². The van der Waals surface area contributed by atoms with Crippen LogP contribution in [0.4, 0.5) is 5.69 Å². The summed E-state index contributed by atoms with van der Waals surface area (Å²) in [6, 6.07) is 16.9. The molecule has 3 N–H and O–H groups in total. The van der Waals surface area contributed by atoms with Crippen molar-refractivity contribution in [1.82, 2.24) is 0 Å². The van der Waals surface area contributed by atoms with Crippen LogP contribution in [-0.2, 0) is 10.0 Å². The molecule has 0 aliphatic rings. The van der Waals surface area contributed by atoms with Crippen LogP contribution in [0.3, 0.4) is 0 Å². The largest absolute Gasteiger partial charge is 0.385 e. The molecule has 2 aromatic carbocycles. The first-order chi connectivity index (χ1) is 9.97. The number of sulfonamides is 1. The van der Waals surface area contributed by atoms with Crippen LogP contribution in [0.5, 0.6) is 0 Å². The number of benzene rings is 2. The predicted octanol–water partition coefficient (Wildman–Crippen LogP) is 2.94. The monoisotopic (exact) mass is 304 g/mol. The molecular weight excluding hydrogens is 284 g/mol. The highest BCUT2D eigenvalue weighted by Gasteiger charge is 2.08. The Balaban J connectivity index is 1.92. The summed E-state index contributed by atoms with van der Waals surface area (Å²) < 4.78 is 22.6. The quantitative estimate of drug-likeness (QED) is 0.862. The lowest BCUT2D eigenvalue weighted by Crippen LogP contribution is -2.12. The van der Waals surface area contributed by atoms with Crippen LogP contribution in [0.25, 0.3) is 0 Å². The van der Waals surface area contributed by atoms with Crippen molar-refractivity contribution in [3.05, 3.63) is 60.2 Å². The fourth-order valence-electron chi connectivity index (χ4n) is 2.16. The number of hydrogen-bond donors (Lipinski definition) is 2. The van der Waals surface area contributed by atoms with Gasteiger partial charge in [0.25, 0.3) is 0 Å². The molecule has 4 nitrogen and oxygen atoms in total. The maximum Gasteiger partial charge on any atom is 0.238 e. The van der Waals surface area contributed by atoms with Gasteiger partial charge in [0.1, 0.15) is 0 Å². The highest BCUT2D eigenvalue weighted by atomic mass is 32.2. The maximum atomic E-state index is 11.3. The lowest BCUT2D eigenvalue weighted by molar-refractivity contribution is 0.598. The molecule has 0 aromatic heterocycles.